The van der Waals surface area contributed by atoms with Gasteiger partial charge in [0.15, 0.2) is 5.78 Å². The van der Waals surface area contributed by atoms with Gasteiger partial charge in [-0.25, -0.2) is 0 Å². The van der Waals surface area contributed by atoms with E-state index in [4.69, 9.17) is 16.3 Å². The molecule has 33 heavy (non-hydrogen) atoms. The number of Topliss-reactive ketones (excluding diaryl/α,β-unsaturated/α-hetero) is 1. The minimum absolute atomic E-state index is 0.240. The Morgan fingerprint density at radius 3 is 2.33 bits per heavy atom. The van der Waals surface area contributed by atoms with Crippen molar-refractivity contribution in [1.29, 1.82) is 0 Å². The Morgan fingerprint density at radius 2 is 1.70 bits per heavy atom. The molecule has 0 radical (unpaired) electrons. The fourth-order valence-corrected chi connectivity index (χ4v) is 5.34. The van der Waals surface area contributed by atoms with Crippen LogP contribution in [0.15, 0.2) is 48.5 Å². The van der Waals surface area contributed by atoms with Crippen molar-refractivity contribution in [3.8, 4) is 5.75 Å². The van der Waals surface area contributed by atoms with Crippen LogP contribution in [0.5, 0.6) is 5.75 Å². The molecule has 1 aliphatic carbocycles. The van der Waals surface area contributed by atoms with Gasteiger partial charge in [0.05, 0.1) is 24.1 Å². The first kappa shape index (κ1) is 24.1. The SMILES string of the molecule is O=C(CN1CCCC(COc2ccc(C(F)(F)F)cc2)C1)C1(c2ccc(Cl)cc2)CCCC1. The maximum Gasteiger partial charge on any atom is 0.416 e. The lowest BCUT2D eigenvalue weighted by atomic mass is 9.75. The van der Waals surface area contributed by atoms with Gasteiger partial charge in [0, 0.05) is 17.5 Å². The summed E-state index contributed by atoms with van der Waals surface area (Å²) in [6.45, 7) is 2.47. The summed E-state index contributed by atoms with van der Waals surface area (Å²) in [5.41, 5.74) is -0.0406. The van der Waals surface area contributed by atoms with Crippen LogP contribution in [0.3, 0.4) is 0 Å². The molecule has 1 saturated carbocycles. The van der Waals surface area contributed by atoms with Gasteiger partial charge in [-0.2, -0.15) is 13.2 Å². The van der Waals surface area contributed by atoms with Crippen LogP contribution >= 0.6 is 11.6 Å². The molecule has 1 saturated heterocycles. The number of carbonyl (C=O) groups excluding carboxylic acids is 1. The van der Waals surface area contributed by atoms with Gasteiger partial charge in [0.25, 0.3) is 0 Å². The first-order valence-electron chi connectivity index (χ1n) is 11.6. The predicted octanol–water partition coefficient (Wildman–Crippen LogP) is 6.53. The van der Waals surface area contributed by atoms with Crippen LogP contribution in [-0.4, -0.2) is 36.9 Å². The third-order valence-electron chi connectivity index (χ3n) is 7.03. The third-order valence-corrected chi connectivity index (χ3v) is 7.28. The Morgan fingerprint density at radius 1 is 1.03 bits per heavy atom. The number of nitrogens with zero attached hydrogens (tertiary/aromatic N) is 1. The van der Waals surface area contributed by atoms with Gasteiger partial charge >= 0.3 is 6.18 Å². The molecule has 0 spiro atoms. The molecule has 1 aliphatic heterocycles. The zero-order valence-corrected chi connectivity index (χ0v) is 19.3. The first-order valence-corrected chi connectivity index (χ1v) is 12.0. The number of alkyl halides is 3. The maximum atomic E-state index is 13.5. The number of likely N-dealkylation sites (tertiary alicyclic amines) is 1. The van der Waals surface area contributed by atoms with E-state index >= 15 is 0 Å². The van der Waals surface area contributed by atoms with Gasteiger partial charge in [0.1, 0.15) is 5.75 Å². The summed E-state index contributed by atoms with van der Waals surface area (Å²) in [6, 6.07) is 12.5. The van der Waals surface area contributed by atoms with E-state index in [1.807, 2.05) is 24.3 Å². The van der Waals surface area contributed by atoms with Crippen molar-refractivity contribution in [3.63, 3.8) is 0 Å². The number of hydrogen-bond acceptors (Lipinski definition) is 3. The Kier molecular flexibility index (Phi) is 7.34. The van der Waals surface area contributed by atoms with Crippen LogP contribution in [0, 0.1) is 5.92 Å². The molecule has 1 unspecified atom stereocenters. The van der Waals surface area contributed by atoms with Gasteiger partial charge in [-0.3, -0.25) is 9.69 Å². The Labute approximate surface area is 197 Å². The van der Waals surface area contributed by atoms with E-state index in [0.29, 0.717) is 23.9 Å². The smallest absolute Gasteiger partial charge is 0.416 e. The molecule has 0 amide bonds. The van der Waals surface area contributed by atoms with E-state index in [9.17, 15) is 18.0 Å². The van der Waals surface area contributed by atoms with Crippen molar-refractivity contribution < 1.29 is 22.7 Å². The van der Waals surface area contributed by atoms with Crippen molar-refractivity contribution in [2.45, 2.75) is 50.1 Å². The number of ketones is 1. The Bertz CT molecular complexity index is 938. The van der Waals surface area contributed by atoms with Crippen LogP contribution < -0.4 is 4.74 Å². The van der Waals surface area contributed by atoms with Crippen molar-refractivity contribution in [2.24, 2.45) is 5.92 Å². The van der Waals surface area contributed by atoms with Crippen LogP contribution in [0.4, 0.5) is 13.2 Å². The van der Waals surface area contributed by atoms with E-state index in [1.54, 1.807) is 0 Å². The molecule has 0 bridgehead atoms. The topological polar surface area (TPSA) is 29.5 Å². The monoisotopic (exact) mass is 479 g/mol. The lowest BCUT2D eigenvalue weighted by Crippen LogP contribution is -2.45. The zero-order chi connectivity index (χ0) is 23.5. The van der Waals surface area contributed by atoms with Gasteiger partial charge in [0.2, 0.25) is 0 Å². The summed E-state index contributed by atoms with van der Waals surface area (Å²) in [7, 11) is 0. The van der Waals surface area contributed by atoms with Gasteiger partial charge in [-0.05, 0) is 74.2 Å². The van der Waals surface area contributed by atoms with Gasteiger partial charge in [-0.15, -0.1) is 0 Å². The van der Waals surface area contributed by atoms with Crippen LogP contribution in [0.2, 0.25) is 5.02 Å². The highest BCUT2D eigenvalue weighted by Crippen LogP contribution is 2.42. The highest BCUT2D eigenvalue weighted by molar-refractivity contribution is 6.30. The van der Waals surface area contributed by atoms with E-state index in [0.717, 1.165) is 69.3 Å². The van der Waals surface area contributed by atoms with Gasteiger partial charge < -0.3 is 4.74 Å². The van der Waals surface area contributed by atoms with Crippen molar-refractivity contribution >= 4 is 17.4 Å². The van der Waals surface area contributed by atoms with E-state index in [-0.39, 0.29) is 11.7 Å². The molecule has 3 nitrogen and oxygen atoms in total. The summed E-state index contributed by atoms with van der Waals surface area (Å²) >= 11 is 6.06. The summed E-state index contributed by atoms with van der Waals surface area (Å²) in [5.74, 6) is 0.944. The quantitative estimate of drug-likeness (QED) is 0.452. The lowest BCUT2D eigenvalue weighted by molar-refractivity contribution is -0.137. The molecule has 0 aromatic heterocycles. The molecular formula is C26H29ClF3NO2. The van der Waals surface area contributed by atoms with Gasteiger partial charge in [-0.1, -0.05) is 36.6 Å². The third kappa shape index (κ3) is 5.72. The first-order chi connectivity index (χ1) is 15.8. The number of hydrogen-bond donors (Lipinski definition) is 0. The second-order valence-corrected chi connectivity index (χ2v) is 9.73. The van der Waals surface area contributed by atoms with Crippen molar-refractivity contribution in [3.05, 3.63) is 64.7 Å². The molecule has 7 heteroatoms. The standard InChI is InChI=1S/C26H29ClF3NO2/c27-22-9-5-20(6-10-22)25(13-1-2-14-25)24(32)17-31-15-3-4-19(16-31)18-33-23-11-7-21(8-12-23)26(28,29)30/h5-12,19H,1-4,13-18H2. The van der Waals surface area contributed by atoms with Crippen molar-refractivity contribution in [2.75, 3.05) is 26.2 Å². The number of piperidine rings is 1. The molecule has 2 fully saturated rings. The molecule has 1 atom stereocenters. The molecule has 4 rings (SSSR count). The Balaban J connectivity index is 1.34. The Hall–Kier alpha value is -2.05. The number of rotatable bonds is 7. The van der Waals surface area contributed by atoms with E-state index in [2.05, 4.69) is 4.90 Å². The number of benzene rings is 2. The molecule has 2 aliphatic rings. The molecule has 2 aromatic carbocycles. The summed E-state index contributed by atoms with van der Waals surface area (Å²) in [5, 5.41) is 0.672. The fraction of sp³-hybridized carbons (Fsp3) is 0.500. The second-order valence-electron chi connectivity index (χ2n) is 9.30. The number of carbonyl (C=O) groups is 1. The normalized spacial score (nSPS) is 21.2. The molecule has 1 heterocycles. The lowest BCUT2D eigenvalue weighted by Gasteiger charge is -2.35. The predicted molar refractivity (Wildman–Crippen MR) is 123 cm³/mol. The van der Waals surface area contributed by atoms with E-state index < -0.39 is 17.2 Å². The van der Waals surface area contributed by atoms with E-state index in [1.165, 1.54) is 12.1 Å². The minimum atomic E-state index is -4.35. The number of halogens is 4. The van der Waals surface area contributed by atoms with Crippen LogP contribution in [0.25, 0.3) is 0 Å². The molecular weight excluding hydrogens is 451 g/mol. The number of ether oxygens (including phenoxy) is 1. The van der Waals surface area contributed by atoms with Crippen molar-refractivity contribution in [1.82, 2.24) is 4.90 Å². The summed E-state index contributed by atoms with van der Waals surface area (Å²) in [6.07, 6.45) is 1.47. The highest BCUT2D eigenvalue weighted by Gasteiger charge is 2.43. The fourth-order valence-electron chi connectivity index (χ4n) is 5.22. The maximum absolute atomic E-state index is 13.5. The molecule has 0 N–H and O–H groups in total. The highest BCUT2D eigenvalue weighted by atomic mass is 35.5. The average Bonchev–Trinajstić information content (AvgIpc) is 3.29. The van der Waals surface area contributed by atoms with Crippen LogP contribution in [0.1, 0.15) is 49.7 Å². The molecule has 2 aromatic rings. The summed E-state index contributed by atoms with van der Waals surface area (Å²) < 4.78 is 44.0. The van der Waals surface area contributed by atoms with Crippen LogP contribution in [-0.2, 0) is 16.4 Å². The average molecular weight is 480 g/mol. The second kappa shape index (κ2) is 10.1. The summed E-state index contributed by atoms with van der Waals surface area (Å²) in [4.78, 5) is 15.7. The zero-order valence-electron chi connectivity index (χ0n) is 18.5. The largest absolute Gasteiger partial charge is 0.493 e. The molecule has 178 valence electrons. The minimum Gasteiger partial charge on any atom is -0.493 e.